The number of halogens is 2. The molecule has 0 aliphatic rings. The van der Waals surface area contributed by atoms with Gasteiger partial charge in [-0.05, 0) is 25.2 Å². The van der Waals surface area contributed by atoms with Crippen LogP contribution in [0.2, 0.25) is 0 Å². The minimum Gasteiger partial charge on any atom is -0.384 e. The molecule has 0 bridgehead atoms. The molecule has 0 radical (unpaired) electrons. The van der Waals surface area contributed by atoms with Crippen LogP contribution >= 0.6 is 0 Å². The highest BCUT2D eigenvalue weighted by atomic mass is 19.3. The van der Waals surface area contributed by atoms with Gasteiger partial charge in [0.25, 0.3) is 0 Å². The average molecular weight is 238 g/mol. The average Bonchev–Trinajstić information content (AvgIpc) is 2.14. The molecule has 0 saturated carbocycles. The third kappa shape index (κ3) is 13.8. The van der Waals surface area contributed by atoms with Gasteiger partial charge in [-0.25, -0.2) is 8.78 Å². The van der Waals surface area contributed by atoms with E-state index in [0.29, 0.717) is 13.0 Å². The van der Waals surface area contributed by atoms with Crippen molar-refractivity contribution in [2.75, 3.05) is 13.7 Å². The molecule has 3 heteroatoms. The Morgan fingerprint density at radius 2 is 1.38 bits per heavy atom. The lowest BCUT2D eigenvalue weighted by Crippen LogP contribution is -2.18. The summed E-state index contributed by atoms with van der Waals surface area (Å²) in [6, 6.07) is 0. The fourth-order valence-electron chi connectivity index (χ4n) is 1.50. The third-order valence-corrected chi connectivity index (χ3v) is 2.25. The molecule has 0 aromatic carbocycles. The number of methoxy groups -OCH3 is 1. The van der Waals surface area contributed by atoms with E-state index >= 15 is 0 Å². The van der Waals surface area contributed by atoms with Gasteiger partial charge in [0.05, 0.1) is 6.61 Å². The monoisotopic (exact) mass is 238 g/mol. The van der Waals surface area contributed by atoms with Crippen molar-refractivity contribution in [2.24, 2.45) is 5.41 Å². The first-order chi connectivity index (χ1) is 7.27. The second-order valence-corrected chi connectivity index (χ2v) is 4.87. The molecule has 1 nitrogen and oxygen atoms in total. The maximum atomic E-state index is 12.5. The zero-order valence-corrected chi connectivity index (χ0v) is 11.7. The van der Waals surface area contributed by atoms with Crippen LogP contribution in [0.1, 0.15) is 60.3 Å². The molecule has 0 aliphatic heterocycles. The topological polar surface area (TPSA) is 9.23 Å². The summed E-state index contributed by atoms with van der Waals surface area (Å²) in [5.41, 5.74) is 0.109. The maximum Gasteiger partial charge on any atom is 0.245 e. The first-order valence-corrected chi connectivity index (χ1v) is 6.14. The summed E-state index contributed by atoms with van der Waals surface area (Å²) in [5, 5.41) is 0. The van der Waals surface area contributed by atoms with Crippen molar-refractivity contribution in [3.05, 3.63) is 0 Å². The molecule has 100 valence electrons. The van der Waals surface area contributed by atoms with Crippen molar-refractivity contribution in [1.82, 2.24) is 0 Å². The van der Waals surface area contributed by atoms with Crippen molar-refractivity contribution in [3.63, 3.8) is 0 Å². The molecule has 0 saturated heterocycles. The van der Waals surface area contributed by atoms with Crippen LogP contribution in [0.25, 0.3) is 0 Å². The Morgan fingerprint density at radius 1 is 0.938 bits per heavy atom. The first-order valence-electron chi connectivity index (χ1n) is 6.14. The molecule has 0 aliphatic carbocycles. The predicted molar refractivity (Wildman–Crippen MR) is 66.1 cm³/mol. The summed E-state index contributed by atoms with van der Waals surface area (Å²) in [5.74, 6) is -2.51. The van der Waals surface area contributed by atoms with Crippen LogP contribution in [0.3, 0.4) is 0 Å². The van der Waals surface area contributed by atoms with Gasteiger partial charge < -0.3 is 4.74 Å². The van der Waals surface area contributed by atoms with Gasteiger partial charge in [-0.3, -0.25) is 0 Å². The maximum absolute atomic E-state index is 12.5. The lowest BCUT2D eigenvalue weighted by molar-refractivity contribution is 0.00890. The molecule has 0 amide bonds. The number of hydrogen-bond acceptors (Lipinski definition) is 1. The van der Waals surface area contributed by atoms with E-state index in [0.717, 1.165) is 19.8 Å². The van der Waals surface area contributed by atoms with Crippen molar-refractivity contribution in [3.8, 4) is 0 Å². The minimum absolute atomic E-state index is 0.00391. The molecule has 0 heterocycles. The largest absolute Gasteiger partial charge is 0.384 e. The molecule has 16 heavy (non-hydrogen) atoms. The Labute approximate surface area is 99.6 Å². The van der Waals surface area contributed by atoms with Gasteiger partial charge in [0, 0.05) is 13.5 Å². The van der Waals surface area contributed by atoms with Gasteiger partial charge in [-0.15, -0.1) is 0 Å². The van der Waals surface area contributed by atoms with Crippen LogP contribution < -0.4 is 0 Å². The number of rotatable bonds is 7. The highest BCUT2D eigenvalue weighted by molar-refractivity contribution is 4.68. The molecule has 0 aromatic heterocycles. The summed E-state index contributed by atoms with van der Waals surface area (Å²) in [4.78, 5) is 0. The lowest BCUT2D eigenvalue weighted by atomic mass is 9.87. The molecule has 0 rings (SSSR count). The second kappa shape index (κ2) is 8.91. The van der Waals surface area contributed by atoms with E-state index < -0.39 is 5.92 Å². The van der Waals surface area contributed by atoms with Gasteiger partial charge in [0.2, 0.25) is 5.92 Å². The van der Waals surface area contributed by atoms with Crippen molar-refractivity contribution in [1.29, 1.82) is 0 Å². The lowest BCUT2D eigenvalue weighted by Gasteiger charge is -2.23. The fourth-order valence-corrected chi connectivity index (χ4v) is 1.50. The number of alkyl halides is 2. The second-order valence-electron chi connectivity index (χ2n) is 4.87. The predicted octanol–water partition coefficient (Wildman–Crippen LogP) is 4.90. The van der Waals surface area contributed by atoms with E-state index in [9.17, 15) is 8.78 Å². The number of ether oxygens (including phenoxy) is 1. The van der Waals surface area contributed by atoms with Gasteiger partial charge in [-0.1, -0.05) is 34.1 Å². The van der Waals surface area contributed by atoms with E-state index in [-0.39, 0.29) is 11.8 Å². The smallest absolute Gasteiger partial charge is 0.245 e. The van der Waals surface area contributed by atoms with E-state index in [1.54, 1.807) is 7.11 Å². The fraction of sp³-hybridized carbons (Fsp3) is 1.00. The van der Waals surface area contributed by atoms with Crippen LogP contribution in [0.4, 0.5) is 8.78 Å². The SMILES string of the molecule is CC.COCC(C)(C)CCCCC(C)(F)F. The summed E-state index contributed by atoms with van der Waals surface area (Å²) in [6.07, 6.45) is 2.38. The van der Waals surface area contributed by atoms with Crippen molar-refractivity contribution < 1.29 is 13.5 Å². The molecule has 0 aromatic rings. The number of unbranched alkanes of at least 4 members (excludes halogenated alkanes) is 1. The minimum atomic E-state index is -2.51. The molecule has 0 N–H and O–H groups in total. The number of hydrogen-bond donors (Lipinski definition) is 0. The zero-order chi connectivity index (χ0) is 13.2. The highest BCUT2D eigenvalue weighted by Gasteiger charge is 2.21. The normalized spacial score (nSPS) is 12.0. The van der Waals surface area contributed by atoms with Crippen molar-refractivity contribution in [2.45, 2.75) is 66.2 Å². The standard InChI is InChI=1S/C11H22F2O.C2H6/c1-10(2,9-14-4)7-5-6-8-11(3,12)13;1-2/h5-9H2,1-4H3;1-2H3. The summed E-state index contributed by atoms with van der Waals surface area (Å²) < 4.78 is 30.0. The quantitative estimate of drug-likeness (QED) is 0.573. The van der Waals surface area contributed by atoms with Crippen LogP contribution in [0.5, 0.6) is 0 Å². The molecular weight excluding hydrogens is 210 g/mol. The Morgan fingerprint density at radius 3 is 1.75 bits per heavy atom. The summed E-state index contributed by atoms with van der Waals surface area (Å²) in [6.45, 7) is 9.87. The Kier molecular flexibility index (Phi) is 10.1. The van der Waals surface area contributed by atoms with Crippen LogP contribution in [0.15, 0.2) is 0 Å². The van der Waals surface area contributed by atoms with Crippen LogP contribution in [-0.2, 0) is 4.74 Å². The Hall–Kier alpha value is -0.180. The zero-order valence-electron chi connectivity index (χ0n) is 11.7. The van der Waals surface area contributed by atoms with E-state index in [1.165, 1.54) is 0 Å². The van der Waals surface area contributed by atoms with Gasteiger partial charge >= 0.3 is 0 Å². The molecule has 0 unspecified atom stereocenters. The summed E-state index contributed by atoms with van der Waals surface area (Å²) >= 11 is 0. The highest BCUT2D eigenvalue weighted by Crippen LogP contribution is 2.26. The molecular formula is C13H28F2O. The van der Waals surface area contributed by atoms with Crippen LogP contribution in [-0.4, -0.2) is 19.6 Å². The van der Waals surface area contributed by atoms with Gasteiger partial charge in [0.15, 0.2) is 0 Å². The van der Waals surface area contributed by atoms with E-state index in [1.807, 2.05) is 13.8 Å². The molecule has 0 fully saturated rings. The third-order valence-electron chi connectivity index (χ3n) is 2.25. The Bertz CT molecular complexity index is 151. The van der Waals surface area contributed by atoms with E-state index in [2.05, 4.69) is 13.8 Å². The van der Waals surface area contributed by atoms with Crippen LogP contribution in [0, 0.1) is 5.41 Å². The van der Waals surface area contributed by atoms with E-state index in [4.69, 9.17) is 4.74 Å². The van der Waals surface area contributed by atoms with Gasteiger partial charge in [0.1, 0.15) is 0 Å². The first kappa shape index (κ1) is 18.2. The molecule has 0 atom stereocenters. The molecule has 0 spiro atoms. The van der Waals surface area contributed by atoms with Gasteiger partial charge in [-0.2, -0.15) is 0 Å². The summed E-state index contributed by atoms with van der Waals surface area (Å²) in [7, 11) is 1.67. The Balaban J connectivity index is 0. The van der Waals surface area contributed by atoms with Crippen molar-refractivity contribution >= 4 is 0 Å².